The summed E-state index contributed by atoms with van der Waals surface area (Å²) in [7, 11) is 1.82. The fourth-order valence-corrected chi connectivity index (χ4v) is 0.263. The Kier molecular flexibility index (Phi) is 3.98. The molecule has 0 rings (SSSR count). The molecule has 3 heteroatoms. The highest BCUT2D eigenvalue weighted by Crippen LogP contribution is 1.63. The topological polar surface area (TPSA) is 50.1 Å². The minimum absolute atomic E-state index is 0.229. The van der Waals surface area contributed by atoms with Gasteiger partial charge in [0.15, 0.2) is 0 Å². The molecule has 0 spiro atoms. The molecule has 3 nitrogen and oxygen atoms in total. The maximum atomic E-state index is 5.38. The monoisotopic (exact) mass is 103 g/mol. The molecule has 0 aliphatic rings. The van der Waals surface area contributed by atoms with Gasteiger partial charge in [0.05, 0.1) is 0 Å². The van der Waals surface area contributed by atoms with Crippen molar-refractivity contribution in [3.05, 3.63) is 0 Å². The van der Waals surface area contributed by atoms with Crippen molar-refractivity contribution >= 4 is 0 Å². The molecule has 1 unspecified atom stereocenters. The molecule has 0 bridgehead atoms. The van der Waals surface area contributed by atoms with Crippen LogP contribution >= 0.6 is 0 Å². The average Bonchev–Trinajstić information content (AvgIpc) is 1.61. The van der Waals surface area contributed by atoms with Crippen molar-refractivity contribution in [3.63, 3.8) is 0 Å². The second-order valence-corrected chi connectivity index (χ2v) is 1.61. The quantitative estimate of drug-likeness (QED) is 0.404. The van der Waals surface area contributed by atoms with Gasteiger partial charge >= 0.3 is 0 Å². The van der Waals surface area contributed by atoms with E-state index in [4.69, 9.17) is 5.73 Å². The van der Waals surface area contributed by atoms with E-state index >= 15 is 0 Å². The van der Waals surface area contributed by atoms with Crippen LogP contribution in [0.2, 0.25) is 0 Å². The first kappa shape index (κ1) is 6.88. The number of nitrogens with two attached hydrogens (primary N) is 1. The van der Waals surface area contributed by atoms with Crippen LogP contribution in [0.3, 0.4) is 0 Å². The predicted octanol–water partition coefficient (Wildman–Crippen LogP) is -0.942. The van der Waals surface area contributed by atoms with Crippen LogP contribution < -0.4 is 16.6 Å². The van der Waals surface area contributed by atoms with Gasteiger partial charge in [-0.1, -0.05) is 0 Å². The van der Waals surface area contributed by atoms with Gasteiger partial charge in [-0.05, 0) is 14.0 Å². The Balaban J connectivity index is 2.68. The third-order valence-corrected chi connectivity index (χ3v) is 0.601. The van der Waals surface area contributed by atoms with Crippen LogP contribution in [0.5, 0.6) is 0 Å². The lowest BCUT2D eigenvalue weighted by Gasteiger charge is -2.03. The molecular formula is C4H13N3. The molecule has 44 valence electrons. The lowest BCUT2D eigenvalue weighted by Crippen LogP contribution is -2.37. The SMILES string of the molecule is CNNCC(C)N. The molecule has 0 fully saturated rings. The van der Waals surface area contributed by atoms with Crippen LogP contribution in [-0.2, 0) is 0 Å². The lowest BCUT2D eigenvalue weighted by molar-refractivity contribution is 0.547. The van der Waals surface area contributed by atoms with E-state index in [9.17, 15) is 0 Å². The minimum Gasteiger partial charge on any atom is -0.327 e. The molecule has 0 saturated heterocycles. The Labute approximate surface area is 44.2 Å². The van der Waals surface area contributed by atoms with Gasteiger partial charge < -0.3 is 5.73 Å². The first-order valence-corrected chi connectivity index (χ1v) is 2.42. The Bertz CT molecular complexity index is 35.9. The van der Waals surface area contributed by atoms with Crippen molar-refractivity contribution < 1.29 is 0 Å². The minimum atomic E-state index is 0.229. The molecule has 0 aromatic carbocycles. The molecule has 0 radical (unpaired) electrons. The summed E-state index contributed by atoms with van der Waals surface area (Å²) in [4.78, 5) is 0. The van der Waals surface area contributed by atoms with Gasteiger partial charge in [0.2, 0.25) is 0 Å². The van der Waals surface area contributed by atoms with Gasteiger partial charge in [-0.25, -0.2) is 0 Å². The van der Waals surface area contributed by atoms with Gasteiger partial charge in [0, 0.05) is 12.6 Å². The van der Waals surface area contributed by atoms with Crippen molar-refractivity contribution in [2.75, 3.05) is 13.6 Å². The molecule has 0 aromatic heterocycles. The smallest absolute Gasteiger partial charge is 0.0249 e. The molecule has 0 aliphatic heterocycles. The standard InChI is InChI=1S/C4H13N3/c1-4(5)3-7-6-2/h4,6-7H,3,5H2,1-2H3. The molecule has 0 saturated carbocycles. The van der Waals surface area contributed by atoms with E-state index in [0.717, 1.165) is 6.54 Å². The van der Waals surface area contributed by atoms with Crippen LogP contribution in [0.4, 0.5) is 0 Å². The van der Waals surface area contributed by atoms with Gasteiger partial charge in [-0.3, -0.25) is 10.9 Å². The molecule has 0 heterocycles. The first-order valence-electron chi connectivity index (χ1n) is 2.42. The van der Waals surface area contributed by atoms with E-state index in [1.165, 1.54) is 0 Å². The van der Waals surface area contributed by atoms with Gasteiger partial charge in [0.1, 0.15) is 0 Å². The van der Waals surface area contributed by atoms with Crippen molar-refractivity contribution in [1.82, 2.24) is 10.9 Å². The zero-order valence-corrected chi connectivity index (χ0v) is 4.86. The summed E-state index contributed by atoms with van der Waals surface area (Å²) in [5.74, 6) is 0. The Hall–Kier alpha value is -0.120. The maximum absolute atomic E-state index is 5.38. The van der Waals surface area contributed by atoms with Crippen LogP contribution in [0.25, 0.3) is 0 Å². The number of nitrogens with one attached hydrogen (secondary N) is 2. The summed E-state index contributed by atoms with van der Waals surface area (Å²) in [6.07, 6.45) is 0. The van der Waals surface area contributed by atoms with E-state index < -0.39 is 0 Å². The fraction of sp³-hybridized carbons (Fsp3) is 1.00. The second kappa shape index (κ2) is 4.05. The Morgan fingerprint density at radius 2 is 2.29 bits per heavy atom. The Morgan fingerprint density at radius 1 is 1.71 bits per heavy atom. The summed E-state index contributed by atoms with van der Waals surface area (Å²) >= 11 is 0. The van der Waals surface area contributed by atoms with E-state index in [-0.39, 0.29) is 6.04 Å². The van der Waals surface area contributed by atoms with Crippen LogP contribution in [0.1, 0.15) is 6.92 Å². The summed E-state index contributed by atoms with van der Waals surface area (Å²) in [6, 6.07) is 0.229. The number of hydrogen-bond acceptors (Lipinski definition) is 3. The molecular weight excluding hydrogens is 90.1 g/mol. The van der Waals surface area contributed by atoms with Crippen molar-refractivity contribution in [3.8, 4) is 0 Å². The largest absolute Gasteiger partial charge is 0.327 e. The molecule has 1 atom stereocenters. The van der Waals surface area contributed by atoms with Crippen molar-refractivity contribution in [1.29, 1.82) is 0 Å². The summed E-state index contributed by atoms with van der Waals surface area (Å²) in [5, 5.41) is 0. The first-order chi connectivity index (χ1) is 3.27. The normalized spacial score (nSPS) is 14.1. The fourth-order valence-electron chi connectivity index (χ4n) is 0.263. The second-order valence-electron chi connectivity index (χ2n) is 1.61. The number of hydrogen-bond donors (Lipinski definition) is 3. The summed E-state index contributed by atoms with van der Waals surface area (Å²) < 4.78 is 0. The zero-order valence-electron chi connectivity index (χ0n) is 4.86. The van der Waals surface area contributed by atoms with Crippen molar-refractivity contribution in [2.24, 2.45) is 5.73 Å². The van der Waals surface area contributed by atoms with E-state index in [2.05, 4.69) is 10.9 Å². The van der Waals surface area contributed by atoms with Gasteiger partial charge in [-0.2, -0.15) is 0 Å². The Morgan fingerprint density at radius 3 is 2.43 bits per heavy atom. The van der Waals surface area contributed by atoms with Crippen LogP contribution in [-0.4, -0.2) is 19.6 Å². The van der Waals surface area contributed by atoms with E-state index in [1.807, 2.05) is 14.0 Å². The molecule has 0 amide bonds. The highest BCUT2D eigenvalue weighted by molar-refractivity contribution is 4.51. The third kappa shape index (κ3) is 5.88. The molecule has 4 N–H and O–H groups in total. The van der Waals surface area contributed by atoms with E-state index in [0.29, 0.717) is 0 Å². The highest BCUT2D eigenvalue weighted by Gasteiger charge is 1.86. The zero-order chi connectivity index (χ0) is 5.70. The number of hydrazine groups is 1. The average molecular weight is 103 g/mol. The number of rotatable bonds is 3. The third-order valence-electron chi connectivity index (χ3n) is 0.601. The molecule has 0 aromatic rings. The summed E-state index contributed by atoms with van der Waals surface area (Å²) in [5.41, 5.74) is 11.0. The van der Waals surface area contributed by atoms with E-state index in [1.54, 1.807) is 0 Å². The van der Waals surface area contributed by atoms with Crippen LogP contribution in [0, 0.1) is 0 Å². The highest BCUT2D eigenvalue weighted by atomic mass is 15.3. The molecule has 7 heavy (non-hydrogen) atoms. The van der Waals surface area contributed by atoms with Crippen molar-refractivity contribution in [2.45, 2.75) is 13.0 Å². The predicted molar refractivity (Wildman–Crippen MR) is 30.7 cm³/mol. The maximum Gasteiger partial charge on any atom is 0.0249 e. The molecule has 0 aliphatic carbocycles. The van der Waals surface area contributed by atoms with Gasteiger partial charge in [0.25, 0.3) is 0 Å². The lowest BCUT2D eigenvalue weighted by atomic mass is 10.4. The summed E-state index contributed by atoms with van der Waals surface area (Å²) in [6.45, 7) is 2.76. The van der Waals surface area contributed by atoms with Crippen LogP contribution in [0.15, 0.2) is 0 Å². The van der Waals surface area contributed by atoms with Gasteiger partial charge in [-0.15, -0.1) is 0 Å².